The molecule has 72 valence electrons. The van der Waals surface area contributed by atoms with Crippen LogP contribution in [-0.2, 0) is 4.84 Å². The molecule has 1 heterocycles. The number of fused-ring (bicyclic) bond motifs is 1. The van der Waals surface area contributed by atoms with E-state index in [-0.39, 0.29) is 0 Å². The zero-order valence-electron chi connectivity index (χ0n) is 7.51. The van der Waals surface area contributed by atoms with Crippen molar-refractivity contribution >= 4 is 5.71 Å². The van der Waals surface area contributed by atoms with E-state index >= 15 is 0 Å². The Morgan fingerprint density at radius 1 is 1.43 bits per heavy atom. The highest BCUT2D eigenvalue weighted by Gasteiger charge is 2.31. The van der Waals surface area contributed by atoms with Crippen LogP contribution in [0.5, 0.6) is 5.75 Å². The second-order valence-corrected chi connectivity index (χ2v) is 2.73. The second-order valence-electron chi connectivity index (χ2n) is 2.73. The fraction of sp³-hybridized carbons (Fsp3) is 0.222. The molecule has 1 aliphatic rings. The summed E-state index contributed by atoms with van der Waals surface area (Å²) in [6.45, 7) is 0. The van der Waals surface area contributed by atoms with E-state index in [1.807, 2.05) is 12.1 Å². The third-order valence-corrected chi connectivity index (χ3v) is 1.92. The molecule has 0 saturated carbocycles. The number of nitrogens with zero attached hydrogens (tertiary/aromatic N) is 2. The van der Waals surface area contributed by atoms with E-state index < -0.39 is 6.23 Å². The molecule has 5 nitrogen and oxygen atoms in total. The molecule has 0 spiro atoms. The van der Waals surface area contributed by atoms with Crippen molar-refractivity contribution < 1.29 is 9.57 Å². The lowest BCUT2D eigenvalue weighted by Crippen LogP contribution is -2.17. The summed E-state index contributed by atoms with van der Waals surface area (Å²) in [5, 5.41) is 6.53. The smallest absolute Gasteiger partial charge is 0.275 e. The lowest BCUT2D eigenvalue weighted by atomic mass is 10.1. The molecule has 0 bridgehead atoms. The highest BCUT2D eigenvalue weighted by Crippen LogP contribution is 2.29. The first kappa shape index (κ1) is 8.68. The number of benzene rings is 1. The number of oxime groups is 1. The molecule has 1 atom stereocenters. The number of hydrogen-bond donors (Lipinski definition) is 0. The molecule has 1 aromatic carbocycles. The molecular weight excluding hydrogens is 184 g/mol. The van der Waals surface area contributed by atoms with E-state index in [0.29, 0.717) is 11.5 Å². The molecule has 1 unspecified atom stereocenters. The Hall–Kier alpha value is -1.91. The fourth-order valence-corrected chi connectivity index (χ4v) is 1.35. The monoisotopic (exact) mass is 192 g/mol. The Labute approximate surface area is 80.3 Å². The van der Waals surface area contributed by atoms with Crippen molar-refractivity contribution in [2.24, 2.45) is 10.3 Å². The van der Waals surface area contributed by atoms with E-state index in [1.165, 1.54) is 7.11 Å². The van der Waals surface area contributed by atoms with E-state index in [0.717, 1.165) is 5.56 Å². The SMILES string of the molecule is CON=C1c2ccccc2OC1N=O. The Morgan fingerprint density at radius 2 is 2.21 bits per heavy atom. The highest BCUT2D eigenvalue weighted by atomic mass is 16.6. The fourth-order valence-electron chi connectivity index (χ4n) is 1.35. The molecule has 5 heteroatoms. The summed E-state index contributed by atoms with van der Waals surface area (Å²) in [6, 6.07) is 7.21. The Morgan fingerprint density at radius 3 is 2.93 bits per heavy atom. The van der Waals surface area contributed by atoms with Crippen molar-refractivity contribution in [1.82, 2.24) is 0 Å². The summed E-state index contributed by atoms with van der Waals surface area (Å²) in [5.74, 6) is 0.605. The minimum absolute atomic E-state index is 0.415. The normalized spacial score (nSPS) is 21.5. The standard InChI is InChI=1S/C9H8N2O3/c1-13-11-8-6-4-2-3-5-7(6)14-9(8)10-12/h2-5,9H,1H3. The maximum absolute atomic E-state index is 10.4. The van der Waals surface area contributed by atoms with Gasteiger partial charge in [-0.25, -0.2) is 0 Å². The van der Waals surface area contributed by atoms with Gasteiger partial charge in [0.05, 0.1) is 0 Å². The summed E-state index contributed by atoms with van der Waals surface area (Å²) in [7, 11) is 1.41. The van der Waals surface area contributed by atoms with Crippen molar-refractivity contribution in [2.75, 3.05) is 7.11 Å². The van der Waals surface area contributed by atoms with Crippen molar-refractivity contribution in [1.29, 1.82) is 0 Å². The van der Waals surface area contributed by atoms with Gasteiger partial charge in [-0.15, -0.1) is 4.91 Å². The molecule has 0 aromatic heterocycles. The molecule has 0 amide bonds. The first-order valence-electron chi connectivity index (χ1n) is 4.06. The van der Waals surface area contributed by atoms with Gasteiger partial charge < -0.3 is 9.57 Å². The summed E-state index contributed by atoms with van der Waals surface area (Å²) >= 11 is 0. The summed E-state index contributed by atoms with van der Waals surface area (Å²) in [4.78, 5) is 15.1. The second kappa shape index (κ2) is 3.45. The minimum atomic E-state index is -0.896. The zero-order valence-corrected chi connectivity index (χ0v) is 7.51. The van der Waals surface area contributed by atoms with E-state index in [4.69, 9.17) is 4.74 Å². The Bertz CT molecular complexity index is 389. The average molecular weight is 192 g/mol. The predicted octanol–water partition coefficient (Wildman–Crippen LogP) is 1.52. The van der Waals surface area contributed by atoms with Crippen LogP contribution >= 0.6 is 0 Å². The molecule has 14 heavy (non-hydrogen) atoms. The van der Waals surface area contributed by atoms with Gasteiger partial charge in [0, 0.05) is 5.56 Å². The predicted molar refractivity (Wildman–Crippen MR) is 50.2 cm³/mol. The third-order valence-electron chi connectivity index (χ3n) is 1.92. The molecule has 0 saturated heterocycles. The van der Waals surface area contributed by atoms with Crippen LogP contribution in [-0.4, -0.2) is 19.0 Å². The number of para-hydroxylation sites is 1. The van der Waals surface area contributed by atoms with E-state index in [2.05, 4.69) is 15.2 Å². The van der Waals surface area contributed by atoms with Gasteiger partial charge in [-0.2, -0.15) is 0 Å². The van der Waals surface area contributed by atoms with Gasteiger partial charge in [-0.05, 0) is 17.3 Å². The van der Waals surface area contributed by atoms with Gasteiger partial charge in [-0.3, -0.25) is 0 Å². The summed E-state index contributed by atoms with van der Waals surface area (Å²) in [5.41, 5.74) is 1.16. The Kier molecular flexibility index (Phi) is 2.14. The molecule has 2 rings (SSSR count). The van der Waals surface area contributed by atoms with E-state index in [9.17, 15) is 4.91 Å². The zero-order chi connectivity index (χ0) is 9.97. The lowest BCUT2D eigenvalue weighted by Gasteiger charge is -1.99. The topological polar surface area (TPSA) is 60.2 Å². The van der Waals surface area contributed by atoms with Gasteiger partial charge in [0.1, 0.15) is 12.9 Å². The maximum atomic E-state index is 10.4. The van der Waals surface area contributed by atoms with Crippen molar-refractivity contribution in [3.8, 4) is 5.75 Å². The molecule has 0 N–H and O–H groups in total. The third kappa shape index (κ3) is 1.22. The van der Waals surface area contributed by atoms with Gasteiger partial charge in [0.25, 0.3) is 6.23 Å². The Balaban J connectivity index is 2.47. The van der Waals surface area contributed by atoms with E-state index in [1.54, 1.807) is 12.1 Å². The van der Waals surface area contributed by atoms with Gasteiger partial charge in [-0.1, -0.05) is 17.3 Å². The maximum Gasteiger partial charge on any atom is 0.275 e. The number of nitroso groups, excluding NO2 is 1. The summed E-state index contributed by atoms with van der Waals surface area (Å²) < 4.78 is 5.23. The van der Waals surface area contributed by atoms with Crippen LogP contribution in [0.15, 0.2) is 34.6 Å². The summed E-state index contributed by atoms with van der Waals surface area (Å²) in [6.07, 6.45) is -0.896. The van der Waals surface area contributed by atoms with Gasteiger partial charge >= 0.3 is 0 Å². The highest BCUT2D eigenvalue weighted by molar-refractivity contribution is 6.07. The average Bonchev–Trinajstić information content (AvgIpc) is 2.58. The van der Waals surface area contributed by atoms with Crippen LogP contribution < -0.4 is 4.74 Å². The molecule has 1 aromatic rings. The van der Waals surface area contributed by atoms with Crippen LogP contribution in [0.3, 0.4) is 0 Å². The molecule has 1 aliphatic heterocycles. The largest absolute Gasteiger partial charge is 0.459 e. The van der Waals surface area contributed by atoms with Crippen molar-refractivity contribution in [3.05, 3.63) is 34.7 Å². The number of rotatable bonds is 2. The van der Waals surface area contributed by atoms with Crippen molar-refractivity contribution in [3.63, 3.8) is 0 Å². The quantitative estimate of drug-likeness (QED) is 0.527. The first-order valence-corrected chi connectivity index (χ1v) is 4.06. The van der Waals surface area contributed by atoms with Gasteiger partial charge in [0.15, 0.2) is 5.71 Å². The number of ether oxygens (including phenoxy) is 1. The molecule has 0 radical (unpaired) electrons. The van der Waals surface area contributed by atoms with Gasteiger partial charge in [0.2, 0.25) is 0 Å². The van der Waals surface area contributed by atoms with Crippen LogP contribution in [0.4, 0.5) is 0 Å². The molecule has 0 fully saturated rings. The number of hydrogen-bond acceptors (Lipinski definition) is 5. The van der Waals surface area contributed by atoms with Crippen LogP contribution in [0.1, 0.15) is 5.56 Å². The first-order chi connectivity index (χ1) is 6.86. The van der Waals surface area contributed by atoms with Crippen LogP contribution in [0, 0.1) is 4.91 Å². The van der Waals surface area contributed by atoms with Crippen LogP contribution in [0.2, 0.25) is 0 Å². The molecule has 0 aliphatic carbocycles. The minimum Gasteiger partial charge on any atom is -0.459 e. The van der Waals surface area contributed by atoms with Crippen LogP contribution in [0.25, 0.3) is 0 Å². The van der Waals surface area contributed by atoms with Crippen molar-refractivity contribution in [2.45, 2.75) is 6.23 Å². The molecular formula is C9H8N2O3. The lowest BCUT2D eigenvalue weighted by molar-refractivity contribution is 0.206.